The number of hydrogen-bond donors (Lipinski definition) is 0. The lowest BCUT2D eigenvalue weighted by Crippen LogP contribution is -2.57. The molecule has 1 amide bonds. The summed E-state index contributed by atoms with van der Waals surface area (Å²) >= 11 is 0. The molecule has 3 fully saturated rings. The molecular weight excluding hydrogens is 447 g/mol. The highest BCUT2D eigenvalue weighted by atomic mass is 19.1. The molecule has 2 aromatic heterocycles. The molecule has 8 nitrogen and oxygen atoms in total. The number of rotatable bonds is 5. The van der Waals surface area contributed by atoms with Crippen molar-refractivity contribution in [2.45, 2.75) is 46.6 Å². The van der Waals surface area contributed by atoms with Gasteiger partial charge < -0.3 is 14.5 Å². The molecular formula is C26H36FN6O2+. The average Bonchev–Trinajstić information content (AvgIpc) is 3.46. The lowest BCUT2D eigenvalue weighted by Gasteiger charge is -2.46. The van der Waals surface area contributed by atoms with Crippen LogP contribution >= 0.6 is 0 Å². The van der Waals surface area contributed by atoms with Gasteiger partial charge in [0.2, 0.25) is 0 Å². The van der Waals surface area contributed by atoms with E-state index in [1.165, 1.54) is 11.9 Å². The summed E-state index contributed by atoms with van der Waals surface area (Å²) in [5, 5.41) is 4.47. The van der Waals surface area contributed by atoms with Crippen molar-refractivity contribution in [3.63, 3.8) is 0 Å². The van der Waals surface area contributed by atoms with Crippen molar-refractivity contribution in [3.8, 4) is 11.3 Å². The van der Waals surface area contributed by atoms with E-state index in [9.17, 15) is 9.18 Å². The van der Waals surface area contributed by atoms with Crippen molar-refractivity contribution in [2.75, 3.05) is 50.8 Å². The highest BCUT2D eigenvalue weighted by Crippen LogP contribution is 2.44. The number of aromatic nitrogens is 3. The first-order chi connectivity index (χ1) is 16.9. The highest BCUT2D eigenvalue weighted by molar-refractivity contribution is 5.84. The van der Waals surface area contributed by atoms with E-state index in [1.807, 2.05) is 22.6 Å². The van der Waals surface area contributed by atoms with E-state index in [0.717, 1.165) is 82.2 Å². The van der Waals surface area contributed by atoms with Crippen LogP contribution in [0.1, 0.15) is 40.0 Å². The number of nitrogens with zero attached hydrogens (tertiary/aromatic N) is 6. The van der Waals surface area contributed by atoms with Crippen molar-refractivity contribution >= 4 is 17.6 Å². The van der Waals surface area contributed by atoms with Crippen molar-refractivity contribution < 1.29 is 18.5 Å². The minimum atomic E-state index is -0.330. The normalized spacial score (nSPS) is 19.6. The van der Waals surface area contributed by atoms with Gasteiger partial charge in [-0.3, -0.25) is 4.68 Å². The minimum absolute atomic E-state index is 0.183. The maximum Gasteiger partial charge on any atom is 0.409 e. The quantitative estimate of drug-likeness (QED) is 0.608. The lowest BCUT2D eigenvalue weighted by molar-refractivity contribution is -0.531. The molecule has 1 saturated carbocycles. The van der Waals surface area contributed by atoms with Crippen LogP contribution in [0.15, 0.2) is 24.5 Å². The Morgan fingerprint density at radius 1 is 1.29 bits per heavy atom. The third-order valence-electron chi connectivity index (χ3n) is 7.49. The molecule has 0 unspecified atom stereocenters. The van der Waals surface area contributed by atoms with E-state index in [-0.39, 0.29) is 17.3 Å². The SMILES string of the molecule is CCOC(=O)N1CC2(CCC(=[N+]3CCN(c4ncc(F)cc4-c4ccnn4CC(C)C)CC3)C2)C1. The van der Waals surface area contributed by atoms with Crippen LogP contribution < -0.4 is 4.90 Å². The van der Waals surface area contributed by atoms with Crippen LogP contribution in [0, 0.1) is 17.2 Å². The average molecular weight is 484 g/mol. The Labute approximate surface area is 206 Å². The summed E-state index contributed by atoms with van der Waals surface area (Å²) in [5.41, 5.74) is 3.46. The molecule has 3 aliphatic rings. The second-order valence-corrected chi connectivity index (χ2v) is 10.6. The Morgan fingerprint density at radius 2 is 2.06 bits per heavy atom. The Hall–Kier alpha value is -2.97. The number of carbonyl (C=O) groups is 1. The van der Waals surface area contributed by atoms with Gasteiger partial charge in [-0.25, -0.2) is 18.7 Å². The largest absolute Gasteiger partial charge is 0.450 e. The van der Waals surface area contributed by atoms with E-state index in [2.05, 4.69) is 33.4 Å². The summed E-state index contributed by atoms with van der Waals surface area (Å²) in [5.74, 6) is 0.936. The number of hydrogen-bond acceptors (Lipinski definition) is 5. The van der Waals surface area contributed by atoms with Gasteiger partial charge in [-0.05, 0) is 31.4 Å². The van der Waals surface area contributed by atoms with Crippen molar-refractivity contribution in [2.24, 2.45) is 11.3 Å². The number of halogens is 1. The van der Waals surface area contributed by atoms with Crippen LogP contribution in [0.25, 0.3) is 11.3 Å². The summed E-state index contributed by atoms with van der Waals surface area (Å²) in [6.45, 7) is 12.5. The highest BCUT2D eigenvalue weighted by Gasteiger charge is 2.51. The van der Waals surface area contributed by atoms with Gasteiger partial charge in [0.15, 0.2) is 18.8 Å². The molecule has 1 aliphatic carbocycles. The fraction of sp³-hybridized carbons (Fsp3) is 0.615. The fourth-order valence-corrected chi connectivity index (χ4v) is 5.83. The number of anilines is 1. The summed E-state index contributed by atoms with van der Waals surface area (Å²) in [4.78, 5) is 20.6. The monoisotopic (exact) mass is 483 g/mol. The molecule has 188 valence electrons. The van der Waals surface area contributed by atoms with Gasteiger partial charge in [0.05, 0.1) is 31.6 Å². The molecule has 4 heterocycles. The maximum atomic E-state index is 14.2. The van der Waals surface area contributed by atoms with Gasteiger partial charge in [-0.15, -0.1) is 0 Å². The van der Waals surface area contributed by atoms with Crippen LogP contribution in [0.4, 0.5) is 15.0 Å². The number of pyridine rings is 1. The van der Waals surface area contributed by atoms with E-state index < -0.39 is 0 Å². The molecule has 35 heavy (non-hydrogen) atoms. The van der Waals surface area contributed by atoms with Gasteiger partial charge >= 0.3 is 6.09 Å². The third-order valence-corrected chi connectivity index (χ3v) is 7.49. The number of ether oxygens (including phenoxy) is 1. The molecule has 5 rings (SSSR count). The second-order valence-electron chi connectivity index (χ2n) is 10.6. The number of likely N-dealkylation sites (tertiary alicyclic amines) is 1. The van der Waals surface area contributed by atoms with Crippen LogP contribution in [0.3, 0.4) is 0 Å². The number of carbonyl (C=O) groups excluding carboxylic acids is 1. The van der Waals surface area contributed by atoms with E-state index in [0.29, 0.717) is 12.5 Å². The van der Waals surface area contributed by atoms with Gasteiger partial charge in [0.25, 0.3) is 0 Å². The first-order valence-electron chi connectivity index (χ1n) is 12.8. The third kappa shape index (κ3) is 4.77. The summed E-state index contributed by atoms with van der Waals surface area (Å²) in [7, 11) is 0. The molecule has 0 bridgehead atoms. The zero-order valence-electron chi connectivity index (χ0n) is 21.0. The van der Waals surface area contributed by atoms with Crippen molar-refractivity contribution in [1.82, 2.24) is 19.7 Å². The predicted molar refractivity (Wildman–Crippen MR) is 132 cm³/mol. The van der Waals surface area contributed by atoms with Gasteiger partial charge in [-0.2, -0.15) is 5.10 Å². The van der Waals surface area contributed by atoms with Crippen LogP contribution in [-0.2, 0) is 11.3 Å². The first kappa shape index (κ1) is 23.8. The molecule has 1 spiro atoms. The van der Waals surface area contributed by atoms with Crippen LogP contribution in [0.2, 0.25) is 0 Å². The zero-order valence-corrected chi connectivity index (χ0v) is 21.0. The molecule has 2 aromatic rings. The van der Waals surface area contributed by atoms with Crippen molar-refractivity contribution in [3.05, 3.63) is 30.3 Å². The summed E-state index contributed by atoms with van der Waals surface area (Å²) in [6.07, 6.45) is 6.22. The second kappa shape index (κ2) is 9.59. The molecule has 0 radical (unpaired) electrons. The molecule has 9 heteroatoms. The standard InChI is InChI=1S/C26H36FN6O2/c1-4-35-25(34)32-17-26(18-32)7-5-21(14-26)30-9-11-31(12-10-30)24-22(13-20(27)15-28-24)23-6-8-29-33(23)16-19(2)3/h6,8,13,15,19H,4-5,7,9-12,14,16-18H2,1-3H3/q+1. The predicted octanol–water partition coefficient (Wildman–Crippen LogP) is 3.66. The Balaban J connectivity index is 1.27. The first-order valence-corrected chi connectivity index (χ1v) is 12.8. The Morgan fingerprint density at radius 3 is 2.77 bits per heavy atom. The van der Waals surface area contributed by atoms with Crippen LogP contribution in [-0.4, -0.2) is 81.9 Å². The van der Waals surface area contributed by atoms with E-state index in [1.54, 1.807) is 12.3 Å². The minimum Gasteiger partial charge on any atom is -0.450 e. The van der Waals surface area contributed by atoms with E-state index in [4.69, 9.17) is 4.74 Å². The Kier molecular flexibility index (Phi) is 6.51. The molecule has 0 atom stereocenters. The van der Waals surface area contributed by atoms with E-state index >= 15 is 0 Å². The number of amides is 1. The summed E-state index contributed by atoms with van der Waals surface area (Å²) in [6, 6.07) is 3.54. The zero-order chi connectivity index (χ0) is 24.6. The Bertz CT molecular complexity index is 1110. The maximum absolute atomic E-state index is 14.2. The smallest absolute Gasteiger partial charge is 0.409 e. The van der Waals surface area contributed by atoms with Gasteiger partial charge in [0.1, 0.15) is 11.6 Å². The van der Waals surface area contributed by atoms with Gasteiger partial charge in [0, 0.05) is 49.7 Å². The topological polar surface area (TPSA) is 66.5 Å². The van der Waals surface area contributed by atoms with Crippen LogP contribution in [0.5, 0.6) is 0 Å². The molecule has 0 N–H and O–H groups in total. The van der Waals surface area contributed by atoms with Gasteiger partial charge in [-0.1, -0.05) is 13.8 Å². The molecule has 0 aromatic carbocycles. The lowest BCUT2D eigenvalue weighted by atomic mass is 9.78. The molecule has 2 saturated heterocycles. The number of piperazine rings is 1. The summed E-state index contributed by atoms with van der Waals surface area (Å²) < 4.78 is 23.9. The molecule has 2 aliphatic heterocycles. The fourth-order valence-electron chi connectivity index (χ4n) is 5.83. The van der Waals surface area contributed by atoms with Crippen molar-refractivity contribution in [1.29, 1.82) is 0 Å².